The van der Waals surface area contributed by atoms with Gasteiger partial charge in [-0.1, -0.05) is 31.9 Å². The number of halogens is 2. The second-order valence-corrected chi connectivity index (χ2v) is 6.43. The van der Waals surface area contributed by atoms with Crippen LogP contribution in [0.3, 0.4) is 0 Å². The Morgan fingerprint density at radius 1 is 1.05 bits per heavy atom. The topological polar surface area (TPSA) is 38.7 Å². The molecule has 1 unspecified atom stereocenters. The number of aliphatic hydroxyl groups is 1. The monoisotopic (exact) mass is 414 g/mol. The Morgan fingerprint density at radius 2 is 1.67 bits per heavy atom. The van der Waals surface area contributed by atoms with E-state index in [2.05, 4.69) is 31.9 Å². The van der Waals surface area contributed by atoms with Crippen molar-refractivity contribution in [1.29, 1.82) is 0 Å². The van der Waals surface area contributed by atoms with E-state index in [0.717, 1.165) is 25.8 Å². The first-order chi connectivity index (χ1) is 10.0. The van der Waals surface area contributed by atoms with E-state index < -0.39 is 6.10 Å². The van der Waals surface area contributed by atoms with Crippen molar-refractivity contribution < 1.29 is 14.6 Å². The van der Waals surface area contributed by atoms with Crippen LogP contribution in [0.4, 0.5) is 0 Å². The molecule has 0 aliphatic heterocycles. The third-order valence-corrected chi connectivity index (χ3v) is 4.03. The van der Waals surface area contributed by atoms with E-state index in [-0.39, 0.29) is 0 Å². The molecule has 0 amide bonds. The summed E-state index contributed by atoms with van der Waals surface area (Å²) in [6.07, 6.45) is -0.595. The maximum absolute atomic E-state index is 9.84. The van der Waals surface area contributed by atoms with Gasteiger partial charge in [-0.2, -0.15) is 0 Å². The van der Waals surface area contributed by atoms with Crippen LogP contribution in [0, 0.1) is 0 Å². The molecule has 3 nitrogen and oxygen atoms in total. The molecule has 0 aliphatic carbocycles. The SMILES string of the molecule is COc1ccc(Br)cc1COc1ccc(Br)cc1C(C)O. The van der Waals surface area contributed by atoms with Crippen LogP contribution in [0.2, 0.25) is 0 Å². The number of aliphatic hydroxyl groups excluding tert-OH is 1. The van der Waals surface area contributed by atoms with Gasteiger partial charge in [0.05, 0.1) is 13.2 Å². The summed E-state index contributed by atoms with van der Waals surface area (Å²) < 4.78 is 13.1. The minimum atomic E-state index is -0.595. The van der Waals surface area contributed by atoms with Gasteiger partial charge < -0.3 is 14.6 Å². The Hall–Kier alpha value is -1.04. The van der Waals surface area contributed by atoms with Gasteiger partial charge in [0, 0.05) is 20.1 Å². The maximum Gasteiger partial charge on any atom is 0.125 e. The van der Waals surface area contributed by atoms with Crippen LogP contribution in [0.1, 0.15) is 24.2 Å². The minimum absolute atomic E-state index is 0.365. The normalized spacial score (nSPS) is 12.0. The second-order valence-electron chi connectivity index (χ2n) is 4.60. The summed E-state index contributed by atoms with van der Waals surface area (Å²) in [7, 11) is 1.63. The van der Waals surface area contributed by atoms with Gasteiger partial charge in [-0.3, -0.25) is 0 Å². The fourth-order valence-electron chi connectivity index (χ4n) is 1.99. The van der Waals surface area contributed by atoms with E-state index in [1.54, 1.807) is 14.0 Å². The van der Waals surface area contributed by atoms with Crippen molar-refractivity contribution in [2.75, 3.05) is 7.11 Å². The summed E-state index contributed by atoms with van der Waals surface area (Å²) in [5.74, 6) is 1.43. The minimum Gasteiger partial charge on any atom is -0.496 e. The zero-order valence-electron chi connectivity index (χ0n) is 11.8. The first-order valence-corrected chi connectivity index (χ1v) is 8.02. The van der Waals surface area contributed by atoms with Gasteiger partial charge in [0.25, 0.3) is 0 Å². The summed E-state index contributed by atoms with van der Waals surface area (Å²) in [6, 6.07) is 11.4. The maximum atomic E-state index is 9.84. The van der Waals surface area contributed by atoms with Crippen LogP contribution in [-0.4, -0.2) is 12.2 Å². The molecular weight excluding hydrogens is 400 g/mol. The molecule has 5 heteroatoms. The molecular formula is C16H16Br2O3. The number of hydrogen-bond donors (Lipinski definition) is 1. The molecule has 21 heavy (non-hydrogen) atoms. The highest BCUT2D eigenvalue weighted by Gasteiger charge is 2.11. The zero-order valence-corrected chi connectivity index (χ0v) is 14.9. The van der Waals surface area contributed by atoms with Gasteiger partial charge >= 0.3 is 0 Å². The van der Waals surface area contributed by atoms with E-state index in [9.17, 15) is 5.11 Å². The van der Waals surface area contributed by atoms with Crippen LogP contribution in [0.15, 0.2) is 45.3 Å². The molecule has 0 radical (unpaired) electrons. The average Bonchev–Trinajstić information content (AvgIpc) is 2.46. The van der Waals surface area contributed by atoms with Gasteiger partial charge in [0.2, 0.25) is 0 Å². The Kier molecular flexibility index (Phi) is 5.67. The summed E-state index contributed by atoms with van der Waals surface area (Å²) in [4.78, 5) is 0. The average molecular weight is 416 g/mol. The Labute approximate surface area is 141 Å². The van der Waals surface area contributed by atoms with Gasteiger partial charge in [0.1, 0.15) is 18.1 Å². The predicted molar refractivity (Wildman–Crippen MR) is 89.8 cm³/mol. The zero-order chi connectivity index (χ0) is 15.4. The standard InChI is InChI=1S/C16H16Br2O3/c1-10(19)14-8-13(18)4-6-16(14)21-9-11-7-12(17)3-5-15(11)20-2/h3-8,10,19H,9H2,1-2H3. The van der Waals surface area contributed by atoms with E-state index >= 15 is 0 Å². The molecule has 2 rings (SSSR count). The van der Waals surface area contributed by atoms with Gasteiger partial charge in [-0.05, 0) is 43.3 Å². The number of ether oxygens (including phenoxy) is 2. The smallest absolute Gasteiger partial charge is 0.125 e. The van der Waals surface area contributed by atoms with Crippen molar-refractivity contribution in [1.82, 2.24) is 0 Å². The van der Waals surface area contributed by atoms with Gasteiger partial charge in [-0.25, -0.2) is 0 Å². The molecule has 0 bridgehead atoms. The van der Waals surface area contributed by atoms with Crippen molar-refractivity contribution in [3.63, 3.8) is 0 Å². The van der Waals surface area contributed by atoms with Crippen molar-refractivity contribution in [3.05, 3.63) is 56.5 Å². The highest BCUT2D eigenvalue weighted by Crippen LogP contribution is 2.30. The summed E-state index contributed by atoms with van der Waals surface area (Å²) >= 11 is 6.84. The number of rotatable bonds is 5. The van der Waals surface area contributed by atoms with Crippen molar-refractivity contribution in [2.45, 2.75) is 19.6 Å². The lowest BCUT2D eigenvalue weighted by molar-refractivity contribution is 0.189. The molecule has 0 aliphatic rings. The lowest BCUT2D eigenvalue weighted by Crippen LogP contribution is -2.02. The van der Waals surface area contributed by atoms with E-state index in [1.165, 1.54) is 0 Å². The van der Waals surface area contributed by atoms with Crippen LogP contribution < -0.4 is 9.47 Å². The summed E-state index contributed by atoms with van der Waals surface area (Å²) in [5.41, 5.74) is 1.68. The largest absolute Gasteiger partial charge is 0.496 e. The quantitative estimate of drug-likeness (QED) is 0.758. The Balaban J connectivity index is 2.22. The molecule has 2 aromatic rings. The predicted octanol–water partition coefficient (Wildman–Crippen LogP) is 4.85. The lowest BCUT2D eigenvalue weighted by Gasteiger charge is -2.15. The molecule has 0 saturated heterocycles. The van der Waals surface area contributed by atoms with Crippen molar-refractivity contribution in [2.24, 2.45) is 0 Å². The van der Waals surface area contributed by atoms with Gasteiger partial charge in [-0.15, -0.1) is 0 Å². The second kappa shape index (κ2) is 7.29. The molecule has 0 heterocycles. The molecule has 1 atom stereocenters. The molecule has 112 valence electrons. The lowest BCUT2D eigenvalue weighted by atomic mass is 10.1. The molecule has 0 saturated carbocycles. The van der Waals surface area contributed by atoms with E-state index in [1.807, 2.05) is 36.4 Å². The highest BCUT2D eigenvalue weighted by atomic mass is 79.9. The first-order valence-electron chi connectivity index (χ1n) is 6.44. The van der Waals surface area contributed by atoms with E-state index in [4.69, 9.17) is 9.47 Å². The van der Waals surface area contributed by atoms with Crippen LogP contribution in [0.5, 0.6) is 11.5 Å². The first kappa shape index (κ1) is 16.3. The van der Waals surface area contributed by atoms with Crippen LogP contribution in [-0.2, 0) is 6.61 Å². The summed E-state index contributed by atoms with van der Waals surface area (Å²) in [5, 5.41) is 9.84. The van der Waals surface area contributed by atoms with Crippen LogP contribution >= 0.6 is 31.9 Å². The van der Waals surface area contributed by atoms with Gasteiger partial charge in [0.15, 0.2) is 0 Å². The fourth-order valence-corrected chi connectivity index (χ4v) is 2.78. The molecule has 2 aromatic carbocycles. The summed E-state index contributed by atoms with van der Waals surface area (Å²) in [6.45, 7) is 2.08. The molecule has 0 spiro atoms. The number of hydrogen-bond acceptors (Lipinski definition) is 3. The Bertz CT molecular complexity index is 627. The van der Waals surface area contributed by atoms with Crippen LogP contribution in [0.25, 0.3) is 0 Å². The molecule has 0 fully saturated rings. The third kappa shape index (κ3) is 4.22. The van der Waals surface area contributed by atoms with Crippen molar-refractivity contribution in [3.8, 4) is 11.5 Å². The molecule has 0 aromatic heterocycles. The van der Waals surface area contributed by atoms with E-state index in [0.29, 0.717) is 12.4 Å². The number of benzene rings is 2. The highest BCUT2D eigenvalue weighted by molar-refractivity contribution is 9.10. The molecule has 1 N–H and O–H groups in total. The fraction of sp³-hybridized carbons (Fsp3) is 0.250. The third-order valence-electron chi connectivity index (χ3n) is 3.05. The van der Waals surface area contributed by atoms with Crippen molar-refractivity contribution >= 4 is 31.9 Å². The number of methoxy groups -OCH3 is 1. The Morgan fingerprint density at radius 3 is 2.29 bits per heavy atom.